The van der Waals surface area contributed by atoms with Gasteiger partial charge in [-0.1, -0.05) is 38.8 Å². The fraction of sp³-hybridized carbons (Fsp3) is 0.556. The van der Waals surface area contributed by atoms with E-state index in [2.05, 4.69) is 30.0 Å². The van der Waals surface area contributed by atoms with Crippen LogP contribution in [0.15, 0.2) is 24.3 Å². The van der Waals surface area contributed by atoms with E-state index < -0.39 is 0 Å². The average Bonchev–Trinajstić information content (AvgIpc) is 2.57. The van der Waals surface area contributed by atoms with E-state index in [-0.39, 0.29) is 5.91 Å². The first kappa shape index (κ1) is 18.7. The summed E-state index contributed by atoms with van der Waals surface area (Å²) in [6.45, 7) is 5.01. The van der Waals surface area contributed by atoms with Crippen molar-refractivity contribution in [3.05, 3.63) is 35.4 Å². The molecule has 1 saturated carbocycles. The molecule has 0 heterocycles. The Hall–Kier alpha value is -1.66. The summed E-state index contributed by atoms with van der Waals surface area (Å²) in [6, 6.07) is 7.69. The lowest BCUT2D eigenvalue weighted by molar-refractivity contribution is 0.0943. The zero-order chi connectivity index (χ0) is 17.5. The molecule has 24 heavy (non-hydrogen) atoms. The van der Waals surface area contributed by atoms with Gasteiger partial charge in [-0.25, -0.2) is 0 Å². The van der Waals surface area contributed by atoms with Crippen LogP contribution in [0, 0.1) is 11.8 Å². The normalized spacial score (nSPS) is 23.4. The summed E-state index contributed by atoms with van der Waals surface area (Å²) in [5, 5.41) is 3.78. The molecule has 1 amide bonds. The lowest BCUT2D eigenvalue weighted by Gasteiger charge is -2.35. The number of nitrogens with one attached hydrogen (secondary N) is 3. The third-order valence-corrected chi connectivity index (χ3v) is 5.03. The van der Waals surface area contributed by atoms with E-state index in [4.69, 9.17) is 17.0 Å². The molecular weight excluding hydrogens is 322 g/mol. The predicted octanol–water partition coefficient (Wildman–Crippen LogP) is 2.77. The highest BCUT2D eigenvalue weighted by atomic mass is 32.1. The molecule has 1 aliphatic carbocycles. The quantitative estimate of drug-likeness (QED) is 0.576. The second kappa shape index (κ2) is 8.99. The molecule has 1 aromatic rings. The van der Waals surface area contributed by atoms with E-state index in [0.29, 0.717) is 35.2 Å². The number of ether oxygens (including phenoxy) is 1. The fourth-order valence-corrected chi connectivity index (χ4v) is 3.35. The lowest BCUT2D eigenvalue weighted by atomic mass is 9.78. The van der Waals surface area contributed by atoms with E-state index in [1.54, 1.807) is 13.2 Å². The van der Waals surface area contributed by atoms with Gasteiger partial charge in [-0.05, 0) is 48.2 Å². The van der Waals surface area contributed by atoms with Gasteiger partial charge in [0.25, 0.3) is 5.91 Å². The van der Waals surface area contributed by atoms with Crippen molar-refractivity contribution in [2.45, 2.75) is 45.8 Å². The van der Waals surface area contributed by atoms with Crippen LogP contribution in [0.25, 0.3) is 0 Å². The number of carbonyl (C=O) groups is 1. The molecule has 0 aromatic heterocycles. The van der Waals surface area contributed by atoms with E-state index in [1.165, 1.54) is 12.8 Å². The number of rotatable bonds is 4. The molecule has 5 nitrogen and oxygen atoms in total. The Morgan fingerprint density at radius 3 is 2.83 bits per heavy atom. The Balaban J connectivity index is 1.82. The minimum atomic E-state index is -0.220. The van der Waals surface area contributed by atoms with Crippen LogP contribution in [0.2, 0.25) is 0 Å². The van der Waals surface area contributed by atoms with Gasteiger partial charge < -0.3 is 10.1 Å². The number of hydrogen-bond acceptors (Lipinski definition) is 3. The Morgan fingerprint density at radius 2 is 2.08 bits per heavy atom. The Kier molecular flexibility index (Phi) is 6.99. The second-order valence-corrected chi connectivity index (χ2v) is 6.97. The van der Waals surface area contributed by atoms with Crippen LogP contribution in [-0.2, 0) is 11.3 Å². The molecule has 132 valence electrons. The summed E-state index contributed by atoms with van der Waals surface area (Å²) in [6.07, 6.45) is 3.60. The van der Waals surface area contributed by atoms with Crippen LogP contribution >= 0.6 is 12.2 Å². The smallest absolute Gasteiger partial charge is 0.269 e. The standard InChI is InChI=1S/C18H27N3O2S/c1-12-6-4-9-16(13(12)2)19-18(24)21-20-17(22)15-8-5-7-14(10-15)11-23-3/h5,7-8,10,12-13,16H,4,6,9,11H2,1-3H3,(H,20,22)(H2,19,21,24)/t12-,13+,16-/m0/s1. The maximum Gasteiger partial charge on any atom is 0.269 e. The van der Waals surface area contributed by atoms with Gasteiger partial charge >= 0.3 is 0 Å². The van der Waals surface area contributed by atoms with Crippen molar-refractivity contribution in [1.29, 1.82) is 0 Å². The van der Waals surface area contributed by atoms with E-state index in [0.717, 1.165) is 12.0 Å². The SMILES string of the molecule is COCc1cccc(C(=O)NNC(=S)N[C@H]2CCC[C@H](C)[C@H]2C)c1. The topological polar surface area (TPSA) is 62.4 Å². The minimum absolute atomic E-state index is 0.220. The van der Waals surface area contributed by atoms with Crippen LogP contribution in [0.4, 0.5) is 0 Å². The number of carbonyl (C=O) groups excluding carboxylic acids is 1. The van der Waals surface area contributed by atoms with Gasteiger partial charge in [0.2, 0.25) is 0 Å². The third kappa shape index (κ3) is 5.18. The van der Waals surface area contributed by atoms with Crippen molar-refractivity contribution in [2.75, 3.05) is 7.11 Å². The molecule has 1 aromatic carbocycles. The Labute approximate surface area is 149 Å². The second-order valence-electron chi connectivity index (χ2n) is 6.56. The van der Waals surface area contributed by atoms with E-state index >= 15 is 0 Å². The van der Waals surface area contributed by atoms with Crippen molar-refractivity contribution >= 4 is 23.2 Å². The molecular formula is C18H27N3O2S. The molecule has 0 unspecified atom stereocenters. The number of hydrogen-bond donors (Lipinski definition) is 3. The zero-order valence-electron chi connectivity index (χ0n) is 14.6. The molecule has 0 aliphatic heterocycles. The van der Waals surface area contributed by atoms with Crippen molar-refractivity contribution in [3.8, 4) is 0 Å². The molecule has 1 fully saturated rings. The monoisotopic (exact) mass is 349 g/mol. The highest BCUT2D eigenvalue weighted by Crippen LogP contribution is 2.29. The van der Waals surface area contributed by atoms with Gasteiger partial charge in [-0.3, -0.25) is 15.6 Å². The van der Waals surface area contributed by atoms with Gasteiger partial charge in [0.1, 0.15) is 0 Å². The predicted molar refractivity (Wildman–Crippen MR) is 99.5 cm³/mol. The summed E-state index contributed by atoms with van der Waals surface area (Å²) in [7, 11) is 1.63. The summed E-state index contributed by atoms with van der Waals surface area (Å²) < 4.78 is 5.09. The molecule has 1 aliphatic rings. The van der Waals surface area contributed by atoms with Crippen molar-refractivity contribution in [3.63, 3.8) is 0 Å². The van der Waals surface area contributed by atoms with Crippen LogP contribution in [0.3, 0.4) is 0 Å². The van der Waals surface area contributed by atoms with Crippen molar-refractivity contribution < 1.29 is 9.53 Å². The maximum atomic E-state index is 12.2. The Morgan fingerprint density at radius 1 is 1.29 bits per heavy atom. The lowest BCUT2D eigenvalue weighted by Crippen LogP contribution is -2.52. The number of thiocarbonyl (C=S) groups is 1. The van der Waals surface area contributed by atoms with E-state index in [1.807, 2.05) is 18.2 Å². The van der Waals surface area contributed by atoms with Crippen LogP contribution < -0.4 is 16.2 Å². The molecule has 3 atom stereocenters. The van der Waals surface area contributed by atoms with Gasteiger partial charge in [-0.15, -0.1) is 0 Å². The largest absolute Gasteiger partial charge is 0.380 e. The molecule has 0 radical (unpaired) electrons. The summed E-state index contributed by atoms with van der Waals surface area (Å²) in [5.41, 5.74) is 6.98. The summed E-state index contributed by atoms with van der Waals surface area (Å²) in [4.78, 5) is 12.2. The van der Waals surface area contributed by atoms with Crippen LogP contribution in [-0.4, -0.2) is 24.2 Å². The minimum Gasteiger partial charge on any atom is -0.380 e. The molecule has 0 spiro atoms. The molecule has 3 N–H and O–H groups in total. The molecule has 2 rings (SSSR count). The van der Waals surface area contributed by atoms with E-state index in [9.17, 15) is 4.79 Å². The first-order chi connectivity index (χ1) is 11.5. The molecule has 6 heteroatoms. The first-order valence-electron chi connectivity index (χ1n) is 8.46. The number of methoxy groups -OCH3 is 1. The van der Waals surface area contributed by atoms with Crippen molar-refractivity contribution in [2.24, 2.45) is 11.8 Å². The van der Waals surface area contributed by atoms with Crippen LogP contribution in [0.1, 0.15) is 49.0 Å². The number of hydrazine groups is 1. The zero-order valence-corrected chi connectivity index (χ0v) is 15.4. The Bertz CT molecular complexity index is 579. The number of amides is 1. The van der Waals surface area contributed by atoms with Crippen LogP contribution in [0.5, 0.6) is 0 Å². The van der Waals surface area contributed by atoms with Crippen molar-refractivity contribution in [1.82, 2.24) is 16.2 Å². The van der Waals surface area contributed by atoms with Gasteiger partial charge in [0, 0.05) is 18.7 Å². The average molecular weight is 350 g/mol. The summed E-state index contributed by atoms with van der Waals surface area (Å²) >= 11 is 5.31. The maximum absolute atomic E-state index is 12.2. The highest BCUT2D eigenvalue weighted by molar-refractivity contribution is 7.80. The van der Waals surface area contributed by atoms with Gasteiger partial charge in [0.05, 0.1) is 6.61 Å². The van der Waals surface area contributed by atoms with Gasteiger partial charge in [-0.2, -0.15) is 0 Å². The van der Waals surface area contributed by atoms with Gasteiger partial charge in [0.15, 0.2) is 5.11 Å². The fourth-order valence-electron chi connectivity index (χ4n) is 3.14. The third-order valence-electron chi connectivity index (χ3n) is 4.81. The highest BCUT2D eigenvalue weighted by Gasteiger charge is 2.27. The number of benzene rings is 1. The summed E-state index contributed by atoms with van der Waals surface area (Å²) in [5.74, 6) is 1.04. The molecule has 0 bridgehead atoms. The first-order valence-corrected chi connectivity index (χ1v) is 8.86. The molecule has 0 saturated heterocycles.